The van der Waals surface area contributed by atoms with Gasteiger partial charge in [0.15, 0.2) is 0 Å². The molecule has 1 aliphatic carbocycles. The van der Waals surface area contributed by atoms with E-state index in [0.29, 0.717) is 17.8 Å². The molecule has 0 amide bonds. The Morgan fingerprint density at radius 1 is 1.31 bits per heavy atom. The number of carbonyl (C=O) groups excluding carboxylic acids is 1. The minimum Gasteiger partial charge on any atom is -0.381 e. The van der Waals surface area contributed by atoms with Crippen LogP contribution in [0, 0.1) is 5.92 Å². The van der Waals surface area contributed by atoms with Crippen LogP contribution in [0.3, 0.4) is 0 Å². The van der Waals surface area contributed by atoms with E-state index >= 15 is 0 Å². The van der Waals surface area contributed by atoms with Gasteiger partial charge in [-0.2, -0.15) is 0 Å². The lowest BCUT2D eigenvalue weighted by atomic mass is 9.83. The Morgan fingerprint density at radius 2 is 1.92 bits per heavy atom. The number of ether oxygens (including phenoxy) is 1. The third kappa shape index (κ3) is 3.11. The van der Waals surface area contributed by atoms with E-state index in [1.54, 1.807) is 7.11 Å². The number of ketones is 1. The highest BCUT2D eigenvalue weighted by molar-refractivity contribution is 5.80. The highest BCUT2D eigenvalue weighted by Crippen LogP contribution is 2.27. The van der Waals surface area contributed by atoms with Gasteiger partial charge in [0.2, 0.25) is 0 Å². The highest BCUT2D eigenvalue weighted by Gasteiger charge is 2.24. The van der Waals surface area contributed by atoms with Crippen molar-refractivity contribution in [3.63, 3.8) is 0 Å². The van der Waals surface area contributed by atoms with Gasteiger partial charge < -0.3 is 4.74 Å². The third-order valence-corrected chi connectivity index (χ3v) is 2.96. The monoisotopic (exact) mass is 184 g/mol. The quantitative estimate of drug-likeness (QED) is 0.671. The van der Waals surface area contributed by atoms with E-state index < -0.39 is 0 Å². The van der Waals surface area contributed by atoms with Crippen molar-refractivity contribution in [2.45, 2.75) is 51.6 Å². The van der Waals surface area contributed by atoms with Gasteiger partial charge in [0.1, 0.15) is 5.78 Å². The smallest absolute Gasteiger partial charge is 0.135 e. The number of Topliss-reactive ketones (excluding diaryl/α,β-unsaturated/α-hetero) is 1. The van der Waals surface area contributed by atoms with E-state index in [1.165, 1.54) is 0 Å². The Balaban J connectivity index is 2.28. The van der Waals surface area contributed by atoms with Crippen molar-refractivity contribution in [2.75, 3.05) is 7.11 Å². The Labute approximate surface area is 80.7 Å². The molecule has 2 nitrogen and oxygen atoms in total. The molecule has 0 atom stereocenters. The Bertz CT molecular complexity index is 157. The van der Waals surface area contributed by atoms with Gasteiger partial charge in [0.25, 0.3) is 0 Å². The van der Waals surface area contributed by atoms with Gasteiger partial charge in [-0.25, -0.2) is 0 Å². The lowest BCUT2D eigenvalue weighted by Gasteiger charge is -2.26. The Hall–Kier alpha value is -0.370. The van der Waals surface area contributed by atoms with Crippen molar-refractivity contribution >= 4 is 5.78 Å². The molecule has 13 heavy (non-hydrogen) atoms. The van der Waals surface area contributed by atoms with E-state index in [4.69, 9.17) is 4.74 Å². The van der Waals surface area contributed by atoms with Gasteiger partial charge in [0, 0.05) is 19.4 Å². The average Bonchev–Trinajstić information content (AvgIpc) is 2.18. The van der Waals surface area contributed by atoms with Crippen molar-refractivity contribution in [1.82, 2.24) is 0 Å². The molecule has 0 aromatic carbocycles. The van der Waals surface area contributed by atoms with Crippen LogP contribution in [0.4, 0.5) is 0 Å². The van der Waals surface area contributed by atoms with Gasteiger partial charge in [-0.15, -0.1) is 0 Å². The molecule has 76 valence electrons. The molecule has 0 aliphatic heterocycles. The second-order valence-electron chi connectivity index (χ2n) is 3.93. The van der Waals surface area contributed by atoms with Gasteiger partial charge in [-0.05, 0) is 32.1 Å². The number of rotatable bonds is 4. The van der Waals surface area contributed by atoms with E-state index in [2.05, 4.69) is 6.92 Å². The molecule has 1 saturated carbocycles. The molecule has 0 unspecified atom stereocenters. The highest BCUT2D eigenvalue weighted by atomic mass is 16.5. The van der Waals surface area contributed by atoms with Gasteiger partial charge in [-0.3, -0.25) is 4.79 Å². The van der Waals surface area contributed by atoms with E-state index in [9.17, 15) is 4.79 Å². The van der Waals surface area contributed by atoms with Crippen LogP contribution in [0.1, 0.15) is 45.4 Å². The molecule has 0 radical (unpaired) electrons. The third-order valence-electron chi connectivity index (χ3n) is 2.96. The molecule has 0 aromatic heterocycles. The van der Waals surface area contributed by atoms with Crippen molar-refractivity contribution in [2.24, 2.45) is 5.92 Å². The fraction of sp³-hybridized carbons (Fsp3) is 0.909. The van der Waals surface area contributed by atoms with Gasteiger partial charge in [-0.1, -0.05) is 6.92 Å². The average molecular weight is 184 g/mol. The summed E-state index contributed by atoms with van der Waals surface area (Å²) in [6, 6.07) is 0. The summed E-state index contributed by atoms with van der Waals surface area (Å²) in [7, 11) is 1.76. The normalized spacial score (nSPS) is 28.8. The number of carbonyl (C=O) groups is 1. The molecule has 0 N–H and O–H groups in total. The second-order valence-corrected chi connectivity index (χ2v) is 3.93. The Morgan fingerprint density at radius 3 is 2.38 bits per heavy atom. The molecule has 2 heteroatoms. The van der Waals surface area contributed by atoms with Gasteiger partial charge >= 0.3 is 0 Å². The summed E-state index contributed by atoms with van der Waals surface area (Å²) in [6.07, 6.45) is 6.37. The summed E-state index contributed by atoms with van der Waals surface area (Å²) < 4.78 is 5.27. The van der Waals surface area contributed by atoms with Crippen molar-refractivity contribution in [1.29, 1.82) is 0 Å². The van der Waals surface area contributed by atoms with E-state index in [-0.39, 0.29) is 0 Å². The topological polar surface area (TPSA) is 26.3 Å². The molecule has 0 bridgehead atoms. The summed E-state index contributed by atoms with van der Waals surface area (Å²) in [5.41, 5.74) is 0. The molecule has 0 saturated heterocycles. The first kappa shape index (κ1) is 10.7. The summed E-state index contributed by atoms with van der Waals surface area (Å²) in [6.45, 7) is 2.07. The van der Waals surface area contributed by atoms with Crippen molar-refractivity contribution < 1.29 is 9.53 Å². The van der Waals surface area contributed by atoms with Crippen LogP contribution >= 0.6 is 0 Å². The van der Waals surface area contributed by atoms with Crippen LogP contribution < -0.4 is 0 Å². The van der Waals surface area contributed by atoms with E-state index in [1.807, 2.05) is 0 Å². The maximum absolute atomic E-state index is 11.6. The van der Waals surface area contributed by atoms with Crippen LogP contribution in [0.2, 0.25) is 0 Å². The van der Waals surface area contributed by atoms with Crippen molar-refractivity contribution in [3.8, 4) is 0 Å². The van der Waals surface area contributed by atoms with E-state index in [0.717, 1.165) is 38.5 Å². The first-order chi connectivity index (χ1) is 6.27. The fourth-order valence-electron chi connectivity index (χ4n) is 2.07. The van der Waals surface area contributed by atoms with Crippen LogP contribution in [0.5, 0.6) is 0 Å². The molecular weight excluding hydrogens is 164 g/mol. The molecule has 0 spiro atoms. The van der Waals surface area contributed by atoms with Crippen LogP contribution in [0.15, 0.2) is 0 Å². The molecular formula is C11H20O2. The number of methoxy groups -OCH3 is 1. The number of hydrogen-bond donors (Lipinski definition) is 0. The largest absolute Gasteiger partial charge is 0.381 e. The zero-order valence-corrected chi connectivity index (χ0v) is 8.71. The molecule has 0 aromatic rings. The maximum Gasteiger partial charge on any atom is 0.135 e. The molecule has 0 heterocycles. The lowest BCUT2D eigenvalue weighted by molar-refractivity contribution is -0.124. The predicted molar refractivity (Wildman–Crippen MR) is 52.7 cm³/mol. The maximum atomic E-state index is 11.6. The zero-order chi connectivity index (χ0) is 9.68. The van der Waals surface area contributed by atoms with Crippen LogP contribution in [-0.4, -0.2) is 19.0 Å². The first-order valence-electron chi connectivity index (χ1n) is 5.33. The minimum atomic E-state index is 0.339. The summed E-state index contributed by atoms with van der Waals surface area (Å²) in [5, 5.41) is 0. The molecule has 1 aliphatic rings. The molecule has 1 fully saturated rings. The first-order valence-corrected chi connectivity index (χ1v) is 5.33. The van der Waals surface area contributed by atoms with Crippen LogP contribution in [0.25, 0.3) is 0 Å². The molecule has 1 rings (SSSR count). The van der Waals surface area contributed by atoms with Crippen LogP contribution in [-0.2, 0) is 9.53 Å². The van der Waals surface area contributed by atoms with Crippen molar-refractivity contribution in [3.05, 3.63) is 0 Å². The standard InChI is InChI=1S/C11H20O2/c1-3-4-11(12)9-5-7-10(13-2)8-6-9/h9-10H,3-8H2,1-2H3. The second kappa shape index (κ2) is 5.38. The summed E-state index contributed by atoms with van der Waals surface area (Å²) in [5.74, 6) is 0.809. The Kier molecular flexibility index (Phi) is 4.43. The zero-order valence-electron chi connectivity index (χ0n) is 8.71. The predicted octanol–water partition coefficient (Wildman–Crippen LogP) is 2.56. The SMILES string of the molecule is CCCC(=O)C1CCC(OC)CC1. The fourth-order valence-corrected chi connectivity index (χ4v) is 2.07. The minimum absolute atomic E-state index is 0.339. The van der Waals surface area contributed by atoms with Gasteiger partial charge in [0.05, 0.1) is 6.10 Å². The summed E-state index contributed by atoms with van der Waals surface area (Å²) in [4.78, 5) is 11.6. The summed E-state index contributed by atoms with van der Waals surface area (Å²) >= 11 is 0. The number of hydrogen-bond acceptors (Lipinski definition) is 2. The lowest BCUT2D eigenvalue weighted by Crippen LogP contribution is -2.25.